The minimum absolute atomic E-state index is 0.398. The highest BCUT2D eigenvalue weighted by molar-refractivity contribution is 6.31. The molecule has 2 aliphatic rings. The number of carbonyl (C=O) groups excluding carboxylic acids is 5. The summed E-state index contributed by atoms with van der Waals surface area (Å²) in [6.07, 6.45) is -0.824. The van der Waals surface area contributed by atoms with Crippen molar-refractivity contribution >= 4 is 34.7 Å². The zero-order chi connectivity index (χ0) is 24.6. The molecule has 2 aromatic rings. The van der Waals surface area contributed by atoms with E-state index >= 15 is 0 Å². The molecule has 168 valence electrons. The molecule has 0 bridgehead atoms. The van der Waals surface area contributed by atoms with Crippen molar-refractivity contribution in [2.45, 2.75) is 25.9 Å². The summed E-state index contributed by atoms with van der Waals surface area (Å²) >= 11 is 0. The predicted octanol–water partition coefficient (Wildman–Crippen LogP) is 1.19. The van der Waals surface area contributed by atoms with Crippen LogP contribution in [0.25, 0.3) is 5.76 Å². The molecule has 33 heavy (non-hydrogen) atoms. The number of fused-ring (bicyclic) bond motifs is 3. The molecule has 0 spiro atoms. The van der Waals surface area contributed by atoms with E-state index in [2.05, 4.69) is 0 Å². The van der Waals surface area contributed by atoms with Gasteiger partial charge in [0.2, 0.25) is 5.78 Å². The minimum atomic E-state index is -2.87. The third-order valence-corrected chi connectivity index (χ3v) is 5.74. The zero-order valence-corrected chi connectivity index (χ0v) is 17.2. The third kappa shape index (κ3) is 2.74. The summed E-state index contributed by atoms with van der Waals surface area (Å²) in [7, 11) is 0. The minimum Gasteiger partial charge on any atom is -0.508 e. The van der Waals surface area contributed by atoms with Crippen LogP contribution in [0, 0.1) is 0 Å². The molecule has 0 aromatic heterocycles. The lowest BCUT2D eigenvalue weighted by Crippen LogP contribution is -2.39. The van der Waals surface area contributed by atoms with Crippen LogP contribution < -0.4 is 0 Å². The Morgan fingerprint density at radius 1 is 0.848 bits per heavy atom. The first-order valence-corrected chi connectivity index (χ1v) is 9.58. The molecule has 0 aliphatic heterocycles. The van der Waals surface area contributed by atoms with Gasteiger partial charge in [0.1, 0.15) is 28.8 Å². The van der Waals surface area contributed by atoms with Crippen LogP contribution in [0.4, 0.5) is 0 Å². The summed E-state index contributed by atoms with van der Waals surface area (Å²) < 4.78 is 0. The van der Waals surface area contributed by atoms with Crippen molar-refractivity contribution < 1.29 is 49.5 Å². The number of aliphatic hydroxyl groups excluding tert-OH is 1. The van der Waals surface area contributed by atoms with Gasteiger partial charge in [-0.2, -0.15) is 0 Å². The van der Waals surface area contributed by atoms with Crippen molar-refractivity contribution in [3.63, 3.8) is 0 Å². The Labute approximate surface area is 185 Å². The number of aliphatic hydroxyl groups is 2. The molecule has 4 rings (SSSR count). The number of benzene rings is 2. The van der Waals surface area contributed by atoms with Crippen LogP contribution in [-0.4, -0.2) is 54.4 Å². The van der Waals surface area contributed by atoms with Gasteiger partial charge in [-0.05, 0) is 26.0 Å². The number of carbonyl (C=O) groups is 5. The van der Waals surface area contributed by atoms with E-state index in [1.165, 1.54) is 0 Å². The fourth-order valence-electron chi connectivity index (χ4n) is 4.40. The molecule has 0 saturated carbocycles. The van der Waals surface area contributed by atoms with Gasteiger partial charge in [-0.25, -0.2) is 0 Å². The maximum Gasteiger partial charge on any atom is 0.201 e. The molecule has 10 nitrogen and oxygen atoms in total. The second-order valence-electron chi connectivity index (χ2n) is 7.91. The molecule has 2 aromatic carbocycles. The lowest BCUT2D eigenvalue weighted by Gasteiger charge is -2.27. The Bertz CT molecular complexity index is 1390. The first-order valence-electron chi connectivity index (χ1n) is 9.58. The average molecular weight is 452 g/mol. The second-order valence-corrected chi connectivity index (χ2v) is 7.91. The van der Waals surface area contributed by atoms with Crippen LogP contribution in [-0.2, 0) is 20.0 Å². The fraction of sp³-hybridized carbons (Fsp3) is 0.174. The topological polar surface area (TPSA) is 186 Å². The van der Waals surface area contributed by atoms with Crippen molar-refractivity contribution in [2.75, 3.05) is 0 Å². The first kappa shape index (κ1) is 21.9. The van der Waals surface area contributed by atoms with E-state index in [0.29, 0.717) is 0 Å². The number of phenolic OH excluding ortho intramolecular Hbond substituents is 3. The fourth-order valence-corrected chi connectivity index (χ4v) is 4.40. The summed E-state index contributed by atoms with van der Waals surface area (Å²) in [6, 6.07) is 2.62. The lowest BCUT2D eigenvalue weighted by atomic mass is 9.77. The SMILES string of the molecule is CC(=O)CC(=O)[C@@]1(O)C(C(C)=O)=C(O)c2c1cc1c(c2O)C(=O)c2c(O)cc(O)cc2C1=O. The van der Waals surface area contributed by atoms with Crippen LogP contribution >= 0.6 is 0 Å². The number of aromatic hydroxyl groups is 3. The lowest BCUT2D eigenvalue weighted by molar-refractivity contribution is -0.139. The third-order valence-electron chi connectivity index (χ3n) is 5.74. The Hall–Kier alpha value is -4.31. The van der Waals surface area contributed by atoms with Crippen LogP contribution in [0.15, 0.2) is 23.8 Å². The molecule has 1 atom stereocenters. The average Bonchev–Trinajstić information content (AvgIpc) is 2.93. The monoisotopic (exact) mass is 452 g/mol. The number of phenols is 3. The smallest absolute Gasteiger partial charge is 0.201 e. The maximum atomic E-state index is 13.1. The van der Waals surface area contributed by atoms with E-state index in [1.54, 1.807) is 0 Å². The van der Waals surface area contributed by atoms with Gasteiger partial charge in [-0.1, -0.05) is 0 Å². The molecule has 0 saturated heterocycles. The molecule has 0 unspecified atom stereocenters. The number of rotatable bonds is 4. The number of ketones is 5. The zero-order valence-electron chi connectivity index (χ0n) is 17.2. The van der Waals surface area contributed by atoms with Crippen LogP contribution in [0.5, 0.6) is 17.2 Å². The highest BCUT2D eigenvalue weighted by atomic mass is 16.3. The Kier molecular flexibility index (Phi) is 4.54. The largest absolute Gasteiger partial charge is 0.508 e. The van der Waals surface area contributed by atoms with Gasteiger partial charge in [0.05, 0.1) is 28.7 Å². The normalized spacial score (nSPS) is 18.6. The highest BCUT2D eigenvalue weighted by Crippen LogP contribution is 2.52. The molecular formula is C23H16O10. The van der Waals surface area contributed by atoms with Crippen LogP contribution in [0.1, 0.15) is 63.2 Å². The number of Topliss-reactive ketones (excluding diaryl/α,β-unsaturated/α-hetero) is 3. The standard InChI is InChI=1S/C23H16O10/c1-7(24)3-14(28)23(33)12-6-11-16(21(31)17(12)22(32)18(23)8(2)25)20(30)15-10(19(11)29)4-9(26)5-13(15)27/h4-6,26-27,31-33H,3H2,1-2H3/t23-/m1/s1. The van der Waals surface area contributed by atoms with Gasteiger partial charge >= 0.3 is 0 Å². The van der Waals surface area contributed by atoms with Gasteiger partial charge in [0.25, 0.3) is 0 Å². The van der Waals surface area contributed by atoms with Gasteiger partial charge in [-0.15, -0.1) is 0 Å². The van der Waals surface area contributed by atoms with Gasteiger partial charge in [0.15, 0.2) is 23.0 Å². The van der Waals surface area contributed by atoms with E-state index in [-0.39, 0.29) is 0 Å². The van der Waals surface area contributed by atoms with Gasteiger partial charge in [0, 0.05) is 22.8 Å². The van der Waals surface area contributed by atoms with Crippen molar-refractivity contribution in [1.82, 2.24) is 0 Å². The molecule has 0 amide bonds. The van der Waals surface area contributed by atoms with E-state index < -0.39 is 103 Å². The van der Waals surface area contributed by atoms with Crippen molar-refractivity contribution in [2.24, 2.45) is 0 Å². The summed E-state index contributed by atoms with van der Waals surface area (Å²) in [4.78, 5) is 62.8. The quantitative estimate of drug-likeness (QED) is 0.360. The molecule has 2 aliphatic carbocycles. The summed E-state index contributed by atoms with van der Waals surface area (Å²) in [5.41, 5.74) is -6.90. The molecule has 5 N–H and O–H groups in total. The van der Waals surface area contributed by atoms with Gasteiger partial charge < -0.3 is 25.5 Å². The van der Waals surface area contributed by atoms with E-state index in [0.717, 1.165) is 32.0 Å². The Morgan fingerprint density at radius 2 is 1.45 bits per heavy atom. The van der Waals surface area contributed by atoms with Crippen molar-refractivity contribution in [3.05, 3.63) is 57.2 Å². The molecule has 10 heteroatoms. The summed E-state index contributed by atoms with van der Waals surface area (Å²) in [5, 5.41) is 52.7. The number of hydrogen-bond acceptors (Lipinski definition) is 10. The second kappa shape index (κ2) is 6.84. The molecule has 0 radical (unpaired) electrons. The van der Waals surface area contributed by atoms with E-state index in [1.807, 2.05) is 0 Å². The number of hydrogen-bond donors (Lipinski definition) is 5. The van der Waals surface area contributed by atoms with Crippen molar-refractivity contribution in [3.8, 4) is 17.2 Å². The maximum absolute atomic E-state index is 13.1. The Morgan fingerprint density at radius 3 is 2.03 bits per heavy atom. The van der Waals surface area contributed by atoms with Crippen LogP contribution in [0.2, 0.25) is 0 Å². The molecule has 0 fully saturated rings. The van der Waals surface area contributed by atoms with Crippen molar-refractivity contribution in [1.29, 1.82) is 0 Å². The summed E-state index contributed by atoms with van der Waals surface area (Å²) in [6.45, 7) is 2.00. The first-order chi connectivity index (χ1) is 15.3. The van der Waals surface area contributed by atoms with E-state index in [9.17, 15) is 49.5 Å². The molecular weight excluding hydrogens is 436 g/mol. The Balaban J connectivity index is 2.08. The molecule has 0 heterocycles. The summed E-state index contributed by atoms with van der Waals surface area (Å²) in [5.74, 6) is -8.00. The van der Waals surface area contributed by atoms with E-state index in [4.69, 9.17) is 0 Å². The highest BCUT2D eigenvalue weighted by Gasteiger charge is 2.54. The predicted molar refractivity (Wildman–Crippen MR) is 109 cm³/mol. The van der Waals surface area contributed by atoms with Crippen LogP contribution in [0.3, 0.4) is 0 Å². The van der Waals surface area contributed by atoms with Gasteiger partial charge in [-0.3, -0.25) is 24.0 Å².